The van der Waals surface area contributed by atoms with Gasteiger partial charge >= 0.3 is 0 Å². The third-order valence-electron chi connectivity index (χ3n) is 6.06. The van der Waals surface area contributed by atoms with Crippen molar-refractivity contribution in [2.24, 2.45) is 5.41 Å². The predicted octanol–water partition coefficient (Wildman–Crippen LogP) is 0.593. The molecule has 0 aromatic carbocycles. The monoisotopic (exact) mass is 398 g/mol. The normalized spacial score (nSPS) is 19.0. The predicted molar refractivity (Wildman–Crippen MR) is 102 cm³/mol. The molecule has 4 heterocycles. The molecule has 2 fully saturated rings. The zero-order valence-corrected chi connectivity index (χ0v) is 16.7. The Kier molecular flexibility index (Phi) is 5.50. The van der Waals surface area contributed by atoms with Gasteiger partial charge in [0.1, 0.15) is 6.33 Å². The number of tetrazole rings is 1. The van der Waals surface area contributed by atoms with Gasteiger partial charge in [0.2, 0.25) is 11.8 Å². The number of hydrogen-bond acceptors (Lipinski definition) is 7. The Hall–Kier alpha value is -2.91. The van der Waals surface area contributed by atoms with E-state index in [9.17, 15) is 9.59 Å². The Balaban J connectivity index is 1.31. The van der Waals surface area contributed by atoms with Gasteiger partial charge in [0.05, 0.1) is 30.7 Å². The number of piperidine rings is 2. The quantitative estimate of drug-likeness (QED) is 0.725. The van der Waals surface area contributed by atoms with Crippen LogP contribution in [0.25, 0.3) is 0 Å². The third kappa shape index (κ3) is 4.57. The van der Waals surface area contributed by atoms with E-state index in [0.717, 1.165) is 50.3 Å². The molecule has 29 heavy (non-hydrogen) atoms. The van der Waals surface area contributed by atoms with Gasteiger partial charge in [-0.15, -0.1) is 5.10 Å². The van der Waals surface area contributed by atoms with Crippen molar-refractivity contribution in [2.75, 3.05) is 19.6 Å². The van der Waals surface area contributed by atoms with Crippen LogP contribution in [0.1, 0.15) is 43.5 Å². The van der Waals surface area contributed by atoms with Crippen LogP contribution in [0.2, 0.25) is 0 Å². The summed E-state index contributed by atoms with van der Waals surface area (Å²) in [5.41, 5.74) is 1.78. The SMILES string of the molecule is Cc1cnc(CN2CC3(CCC2=O)CCN(C(=O)CCn2cnnn2)CC3)cn1. The van der Waals surface area contributed by atoms with Gasteiger partial charge in [-0.05, 0) is 42.0 Å². The summed E-state index contributed by atoms with van der Waals surface area (Å²) in [5, 5.41) is 11.0. The smallest absolute Gasteiger partial charge is 0.224 e. The van der Waals surface area contributed by atoms with Gasteiger partial charge in [0.15, 0.2) is 0 Å². The summed E-state index contributed by atoms with van der Waals surface area (Å²) in [6.07, 6.45) is 8.70. The lowest BCUT2D eigenvalue weighted by atomic mass is 9.72. The third-order valence-corrected chi connectivity index (χ3v) is 6.06. The largest absolute Gasteiger partial charge is 0.343 e. The van der Waals surface area contributed by atoms with E-state index in [0.29, 0.717) is 25.9 Å². The molecule has 2 amide bonds. The molecule has 154 valence electrons. The van der Waals surface area contributed by atoms with Crippen LogP contribution in [0.3, 0.4) is 0 Å². The Labute approximate surface area is 169 Å². The highest BCUT2D eigenvalue weighted by molar-refractivity contribution is 5.77. The molecule has 2 saturated heterocycles. The first-order valence-corrected chi connectivity index (χ1v) is 10.1. The molecule has 0 bridgehead atoms. The molecule has 2 aromatic heterocycles. The lowest BCUT2D eigenvalue weighted by molar-refractivity contribution is -0.143. The molecule has 0 saturated carbocycles. The number of aromatic nitrogens is 6. The van der Waals surface area contributed by atoms with E-state index in [-0.39, 0.29) is 17.2 Å². The zero-order valence-electron chi connectivity index (χ0n) is 16.7. The van der Waals surface area contributed by atoms with Crippen LogP contribution in [-0.2, 0) is 22.7 Å². The minimum absolute atomic E-state index is 0.0959. The number of nitrogens with zero attached hydrogens (tertiary/aromatic N) is 8. The van der Waals surface area contributed by atoms with Gasteiger partial charge in [-0.1, -0.05) is 0 Å². The molecular formula is C19H26N8O2. The topological polar surface area (TPSA) is 110 Å². The van der Waals surface area contributed by atoms with Gasteiger partial charge in [0, 0.05) is 38.7 Å². The van der Waals surface area contributed by atoms with Crippen LogP contribution < -0.4 is 0 Å². The fourth-order valence-corrected chi connectivity index (χ4v) is 4.23. The maximum absolute atomic E-state index is 12.5. The lowest BCUT2D eigenvalue weighted by Gasteiger charge is -2.47. The molecule has 2 aliphatic rings. The molecule has 10 nitrogen and oxygen atoms in total. The van der Waals surface area contributed by atoms with Gasteiger partial charge in [-0.25, -0.2) is 4.68 Å². The van der Waals surface area contributed by atoms with E-state index in [4.69, 9.17) is 0 Å². The second-order valence-electron chi connectivity index (χ2n) is 8.10. The molecule has 0 aliphatic carbocycles. The Morgan fingerprint density at radius 2 is 2.00 bits per heavy atom. The highest BCUT2D eigenvalue weighted by Crippen LogP contribution is 2.40. The fraction of sp³-hybridized carbons (Fsp3) is 0.632. The molecule has 1 spiro atoms. The van der Waals surface area contributed by atoms with Crippen LogP contribution in [-0.4, -0.2) is 71.4 Å². The average Bonchev–Trinajstić information content (AvgIpc) is 3.25. The van der Waals surface area contributed by atoms with E-state index in [2.05, 4.69) is 25.5 Å². The van der Waals surface area contributed by atoms with Gasteiger partial charge < -0.3 is 9.80 Å². The van der Waals surface area contributed by atoms with Crippen molar-refractivity contribution < 1.29 is 9.59 Å². The van der Waals surface area contributed by atoms with Crippen molar-refractivity contribution in [1.82, 2.24) is 40.0 Å². The highest BCUT2D eigenvalue weighted by Gasteiger charge is 2.41. The van der Waals surface area contributed by atoms with Crippen molar-refractivity contribution >= 4 is 11.8 Å². The summed E-state index contributed by atoms with van der Waals surface area (Å²) in [4.78, 5) is 37.5. The van der Waals surface area contributed by atoms with E-state index >= 15 is 0 Å². The summed E-state index contributed by atoms with van der Waals surface area (Å²) in [7, 11) is 0. The first kappa shape index (κ1) is 19.4. The maximum atomic E-state index is 12.5. The van der Waals surface area contributed by atoms with E-state index in [1.165, 1.54) is 6.33 Å². The summed E-state index contributed by atoms with van der Waals surface area (Å²) in [5.74, 6) is 0.312. The number of likely N-dealkylation sites (tertiary alicyclic amines) is 2. The standard InChI is InChI=1S/C19H26N8O2/c1-15-10-21-16(11-20-15)12-26-13-19(4-2-17(26)28)5-8-25(9-6-19)18(29)3-7-27-14-22-23-24-27/h10-11,14H,2-9,12-13H2,1H3. The summed E-state index contributed by atoms with van der Waals surface area (Å²) >= 11 is 0. The molecule has 10 heteroatoms. The van der Waals surface area contributed by atoms with Crippen LogP contribution in [0.4, 0.5) is 0 Å². The number of aryl methyl sites for hydroxylation is 2. The van der Waals surface area contributed by atoms with Crippen molar-refractivity contribution in [2.45, 2.75) is 52.1 Å². The van der Waals surface area contributed by atoms with Gasteiger partial charge in [0.25, 0.3) is 0 Å². The van der Waals surface area contributed by atoms with E-state index in [1.54, 1.807) is 17.1 Å². The molecule has 2 aromatic rings. The van der Waals surface area contributed by atoms with Crippen LogP contribution in [0.5, 0.6) is 0 Å². The number of hydrogen-bond donors (Lipinski definition) is 0. The Morgan fingerprint density at radius 3 is 2.69 bits per heavy atom. The van der Waals surface area contributed by atoms with Crippen LogP contribution >= 0.6 is 0 Å². The van der Waals surface area contributed by atoms with E-state index < -0.39 is 0 Å². The van der Waals surface area contributed by atoms with E-state index in [1.807, 2.05) is 16.7 Å². The number of rotatable bonds is 5. The molecular weight excluding hydrogens is 372 g/mol. The zero-order chi connectivity index (χ0) is 20.3. The fourth-order valence-electron chi connectivity index (χ4n) is 4.23. The Morgan fingerprint density at radius 1 is 1.17 bits per heavy atom. The first-order valence-electron chi connectivity index (χ1n) is 10.1. The highest BCUT2D eigenvalue weighted by atomic mass is 16.2. The molecule has 0 radical (unpaired) electrons. The van der Waals surface area contributed by atoms with Gasteiger partial charge in [-0.2, -0.15) is 0 Å². The number of carbonyl (C=O) groups is 2. The molecule has 0 atom stereocenters. The second kappa shape index (κ2) is 8.22. The van der Waals surface area contributed by atoms with Crippen molar-refractivity contribution in [1.29, 1.82) is 0 Å². The first-order chi connectivity index (χ1) is 14.0. The second-order valence-corrected chi connectivity index (χ2v) is 8.10. The average molecular weight is 398 g/mol. The molecule has 2 aliphatic heterocycles. The van der Waals surface area contributed by atoms with Crippen molar-refractivity contribution in [3.05, 3.63) is 30.1 Å². The van der Waals surface area contributed by atoms with Gasteiger partial charge in [-0.3, -0.25) is 19.6 Å². The summed E-state index contributed by atoms with van der Waals surface area (Å²) in [6.45, 7) is 5.10. The van der Waals surface area contributed by atoms with Crippen molar-refractivity contribution in [3.63, 3.8) is 0 Å². The minimum atomic E-state index is 0.0959. The minimum Gasteiger partial charge on any atom is -0.343 e. The maximum Gasteiger partial charge on any atom is 0.224 e. The Bertz CT molecular complexity index is 844. The number of carbonyl (C=O) groups excluding carboxylic acids is 2. The number of amides is 2. The molecule has 4 rings (SSSR count). The molecule has 0 unspecified atom stereocenters. The lowest BCUT2D eigenvalue weighted by Crippen LogP contribution is -2.52. The van der Waals surface area contributed by atoms with Crippen LogP contribution in [0.15, 0.2) is 18.7 Å². The van der Waals surface area contributed by atoms with Crippen molar-refractivity contribution in [3.8, 4) is 0 Å². The summed E-state index contributed by atoms with van der Waals surface area (Å²) in [6, 6.07) is 0. The van der Waals surface area contributed by atoms with Crippen LogP contribution in [0, 0.1) is 12.3 Å². The molecule has 0 N–H and O–H groups in total. The summed E-state index contributed by atoms with van der Waals surface area (Å²) < 4.78 is 1.57.